The van der Waals surface area contributed by atoms with E-state index >= 15 is 4.39 Å². The van der Waals surface area contributed by atoms with Crippen molar-refractivity contribution in [3.05, 3.63) is 148 Å². The van der Waals surface area contributed by atoms with Crippen LogP contribution in [0.4, 0.5) is 57.1 Å². The van der Waals surface area contributed by atoms with Gasteiger partial charge in [0.25, 0.3) is 0 Å². The zero-order valence-corrected chi connectivity index (χ0v) is 28.5. The Bertz CT molecular complexity index is 2190. The Labute approximate surface area is 309 Å². The fraction of sp³-hybridized carbons (Fsp3) is 0.205. The van der Waals surface area contributed by atoms with Gasteiger partial charge in [0.1, 0.15) is 34.6 Å². The number of ether oxygens (including phenoxy) is 3. The molecule has 0 aliphatic carbocycles. The first-order valence-corrected chi connectivity index (χ1v) is 15.8. The quantitative estimate of drug-likeness (QED) is 0.139. The molecule has 0 atom stereocenters. The Kier molecular flexibility index (Phi) is 10.8. The third-order valence-corrected chi connectivity index (χ3v) is 8.91. The summed E-state index contributed by atoms with van der Waals surface area (Å²) in [6.45, 7) is 1.44. The van der Waals surface area contributed by atoms with Crippen molar-refractivity contribution in [3.63, 3.8) is 0 Å². The van der Waals surface area contributed by atoms with Gasteiger partial charge in [-0.25, -0.2) is 4.39 Å². The molecular formula is C39H24F13NO3. The highest BCUT2D eigenvalue weighted by molar-refractivity contribution is 5.56. The van der Waals surface area contributed by atoms with Crippen LogP contribution >= 0.6 is 0 Å². The van der Waals surface area contributed by atoms with Crippen LogP contribution in [-0.2, 0) is 10.8 Å². The minimum atomic E-state index is -6.01. The SMILES string of the molecule is COc1ccc(C(c2ccc(Oc3cccc(Oc4ccc(C(c5ccc(C)cc5)(C(F)(F)F)C(F)(F)F)cc4F)c3C#N)cc2)(C(F)(F)F)C(F)(F)F)cc1. The molecule has 0 saturated heterocycles. The number of benzene rings is 5. The minimum absolute atomic E-state index is 0.00180. The van der Waals surface area contributed by atoms with E-state index in [1.165, 1.54) is 14.0 Å². The number of aryl methyl sites for hydroxylation is 1. The van der Waals surface area contributed by atoms with Crippen molar-refractivity contribution in [3.8, 4) is 34.8 Å². The zero-order valence-electron chi connectivity index (χ0n) is 28.5. The van der Waals surface area contributed by atoms with E-state index in [0.29, 0.717) is 54.1 Å². The Morgan fingerprint density at radius 1 is 0.482 bits per heavy atom. The summed E-state index contributed by atoms with van der Waals surface area (Å²) in [7, 11) is 1.17. The summed E-state index contributed by atoms with van der Waals surface area (Å²) in [6.07, 6.45) is -23.8. The monoisotopic (exact) mass is 801 g/mol. The summed E-state index contributed by atoms with van der Waals surface area (Å²) < 4.78 is 205. The van der Waals surface area contributed by atoms with Crippen molar-refractivity contribution >= 4 is 0 Å². The third kappa shape index (κ3) is 7.03. The van der Waals surface area contributed by atoms with E-state index in [9.17, 15) is 57.9 Å². The number of alkyl halides is 12. The molecule has 0 bridgehead atoms. The minimum Gasteiger partial charge on any atom is -0.497 e. The van der Waals surface area contributed by atoms with Crippen molar-refractivity contribution in [2.45, 2.75) is 42.5 Å². The molecule has 0 fully saturated rings. The van der Waals surface area contributed by atoms with E-state index in [1.54, 1.807) is 6.07 Å². The van der Waals surface area contributed by atoms with Crippen molar-refractivity contribution in [2.24, 2.45) is 0 Å². The maximum Gasteiger partial charge on any atom is 0.411 e. The molecule has 0 heterocycles. The van der Waals surface area contributed by atoms with Gasteiger partial charge in [-0.15, -0.1) is 0 Å². The van der Waals surface area contributed by atoms with Crippen LogP contribution in [0, 0.1) is 24.1 Å². The fourth-order valence-corrected chi connectivity index (χ4v) is 6.24. The molecule has 4 nitrogen and oxygen atoms in total. The molecule has 0 unspecified atom stereocenters. The first kappa shape index (κ1) is 41.2. The lowest BCUT2D eigenvalue weighted by molar-refractivity contribution is -0.290. The van der Waals surface area contributed by atoms with Crippen LogP contribution in [-0.4, -0.2) is 31.8 Å². The Morgan fingerprint density at radius 2 is 0.875 bits per heavy atom. The molecule has 5 aromatic rings. The predicted molar refractivity (Wildman–Crippen MR) is 174 cm³/mol. The summed E-state index contributed by atoms with van der Waals surface area (Å²) in [5, 5.41) is 9.88. The maximum absolute atomic E-state index is 15.4. The van der Waals surface area contributed by atoms with E-state index in [0.717, 1.165) is 54.6 Å². The number of halogens is 13. The van der Waals surface area contributed by atoms with Gasteiger partial charge < -0.3 is 14.2 Å². The van der Waals surface area contributed by atoms with Gasteiger partial charge in [-0.05, 0) is 77.7 Å². The first-order valence-electron chi connectivity index (χ1n) is 15.8. The average molecular weight is 802 g/mol. The highest BCUT2D eigenvalue weighted by Gasteiger charge is 2.73. The molecular weight excluding hydrogens is 777 g/mol. The summed E-state index contributed by atoms with van der Waals surface area (Å²) in [6, 6.07) is 14.8. The van der Waals surface area contributed by atoms with Crippen LogP contribution in [0.3, 0.4) is 0 Å². The molecule has 0 saturated carbocycles. The lowest BCUT2D eigenvalue weighted by atomic mass is 9.72. The third-order valence-electron chi connectivity index (χ3n) is 8.91. The van der Waals surface area contributed by atoms with Gasteiger partial charge in [-0.2, -0.15) is 57.9 Å². The Balaban J connectivity index is 1.50. The Morgan fingerprint density at radius 3 is 1.29 bits per heavy atom. The van der Waals surface area contributed by atoms with E-state index in [4.69, 9.17) is 14.2 Å². The molecule has 0 spiro atoms. The van der Waals surface area contributed by atoms with Gasteiger partial charge in [0, 0.05) is 0 Å². The first-order chi connectivity index (χ1) is 26.0. The molecule has 0 aromatic heterocycles. The molecule has 0 aliphatic rings. The maximum atomic E-state index is 15.4. The van der Waals surface area contributed by atoms with Crippen LogP contribution in [0.2, 0.25) is 0 Å². The van der Waals surface area contributed by atoms with E-state index in [-0.39, 0.29) is 17.6 Å². The molecule has 0 amide bonds. The molecule has 56 heavy (non-hydrogen) atoms. The summed E-state index contributed by atoms with van der Waals surface area (Å²) in [5.74, 6) is -3.93. The van der Waals surface area contributed by atoms with Crippen LogP contribution in [0.1, 0.15) is 33.4 Å². The molecule has 0 aliphatic heterocycles. The molecule has 17 heteroatoms. The zero-order chi connectivity index (χ0) is 41.5. The summed E-state index contributed by atoms with van der Waals surface area (Å²) >= 11 is 0. The standard InChI is InChI=1S/C39H24F13NO3/c1-22-6-8-23(9-7-22)35(38(47,48)49,39(50,51)52)26-14-19-33(30(40)20-26)56-32-5-3-4-31(29(32)21-53)55-28-17-12-25(13-18-28)34(36(41,42)43,37(44,45)46)24-10-15-27(54-2)16-11-24/h3-20H,1-2H3. The number of hydrogen-bond donors (Lipinski definition) is 0. The van der Waals surface area contributed by atoms with Crippen molar-refractivity contribution in [1.82, 2.24) is 0 Å². The van der Waals surface area contributed by atoms with E-state index in [2.05, 4.69) is 0 Å². The number of nitriles is 1. The molecule has 294 valence electrons. The van der Waals surface area contributed by atoms with Gasteiger partial charge in [0.2, 0.25) is 10.8 Å². The smallest absolute Gasteiger partial charge is 0.411 e. The van der Waals surface area contributed by atoms with E-state index in [1.807, 2.05) is 0 Å². The molecule has 0 radical (unpaired) electrons. The van der Waals surface area contributed by atoms with Crippen molar-refractivity contribution in [1.29, 1.82) is 5.26 Å². The number of methoxy groups -OCH3 is 1. The molecule has 5 aromatic carbocycles. The second-order valence-corrected chi connectivity index (χ2v) is 12.2. The topological polar surface area (TPSA) is 51.5 Å². The van der Waals surface area contributed by atoms with Gasteiger partial charge in [0.05, 0.1) is 7.11 Å². The summed E-state index contributed by atoms with van der Waals surface area (Å²) in [4.78, 5) is 0. The van der Waals surface area contributed by atoms with Crippen LogP contribution < -0.4 is 14.2 Å². The lowest BCUT2D eigenvalue weighted by Crippen LogP contribution is -2.54. The Hall–Kier alpha value is -5.92. The van der Waals surface area contributed by atoms with Crippen LogP contribution in [0.25, 0.3) is 0 Å². The fourth-order valence-electron chi connectivity index (χ4n) is 6.24. The van der Waals surface area contributed by atoms with Crippen LogP contribution in [0.5, 0.6) is 28.7 Å². The van der Waals surface area contributed by atoms with Gasteiger partial charge in [-0.3, -0.25) is 0 Å². The summed E-state index contributed by atoms with van der Waals surface area (Å²) in [5.41, 5.74) is -14.5. The second kappa shape index (κ2) is 14.6. The van der Waals surface area contributed by atoms with Crippen LogP contribution in [0.15, 0.2) is 109 Å². The van der Waals surface area contributed by atoms with Gasteiger partial charge in [0.15, 0.2) is 11.6 Å². The molecule has 5 rings (SSSR count). The highest BCUT2D eigenvalue weighted by atomic mass is 19.4. The van der Waals surface area contributed by atoms with Crippen molar-refractivity contribution in [2.75, 3.05) is 7.11 Å². The number of rotatable bonds is 9. The predicted octanol–water partition coefficient (Wildman–Crippen LogP) is 12.4. The highest BCUT2D eigenvalue weighted by Crippen LogP contribution is 2.58. The normalized spacial score (nSPS) is 12.9. The van der Waals surface area contributed by atoms with Gasteiger partial charge >= 0.3 is 24.7 Å². The second-order valence-electron chi connectivity index (χ2n) is 12.2. The average Bonchev–Trinajstić information content (AvgIpc) is 3.09. The largest absolute Gasteiger partial charge is 0.497 e. The van der Waals surface area contributed by atoms with Gasteiger partial charge in [-0.1, -0.05) is 66.2 Å². The lowest BCUT2D eigenvalue weighted by Gasteiger charge is -2.38. The van der Waals surface area contributed by atoms with E-state index < -0.39 is 86.4 Å². The number of nitrogens with zero attached hydrogens (tertiary/aromatic N) is 1. The number of hydrogen-bond acceptors (Lipinski definition) is 4. The molecule has 0 N–H and O–H groups in total. The van der Waals surface area contributed by atoms with Crippen molar-refractivity contribution < 1.29 is 71.3 Å².